The minimum atomic E-state index is 0.501. The van der Waals surface area contributed by atoms with Gasteiger partial charge >= 0.3 is 0 Å². The van der Waals surface area contributed by atoms with E-state index in [1.165, 1.54) is 0 Å². The predicted octanol–water partition coefficient (Wildman–Crippen LogP) is 2.68. The van der Waals surface area contributed by atoms with Crippen LogP contribution >= 0.6 is 11.6 Å². The molecule has 0 radical (unpaired) electrons. The Kier molecular flexibility index (Phi) is 3.27. The highest BCUT2D eigenvalue weighted by molar-refractivity contribution is 6.30. The first kappa shape index (κ1) is 11.2. The normalized spacial score (nSPS) is 10.7. The van der Waals surface area contributed by atoms with E-state index in [4.69, 9.17) is 17.3 Å². The van der Waals surface area contributed by atoms with Gasteiger partial charge in [0.15, 0.2) is 0 Å². The van der Waals surface area contributed by atoms with E-state index in [1.807, 2.05) is 41.9 Å². The van der Waals surface area contributed by atoms with E-state index >= 15 is 0 Å². The SMILES string of the molecule is CCn1nc(-c2cccc(Cl)c2)cc1CN. The van der Waals surface area contributed by atoms with Gasteiger partial charge in [0.1, 0.15) is 0 Å². The molecule has 1 aromatic carbocycles. The third-order valence-electron chi connectivity index (χ3n) is 2.49. The predicted molar refractivity (Wildman–Crippen MR) is 66.2 cm³/mol. The van der Waals surface area contributed by atoms with Crippen LogP contribution in [0.3, 0.4) is 0 Å². The molecule has 84 valence electrons. The maximum atomic E-state index is 5.95. The lowest BCUT2D eigenvalue weighted by Crippen LogP contribution is -2.06. The summed E-state index contributed by atoms with van der Waals surface area (Å²) in [4.78, 5) is 0. The molecule has 0 bridgehead atoms. The second-order valence-corrected chi connectivity index (χ2v) is 3.99. The summed E-state index contributed by atoms with van der Waals surface area (Å²) in [5.41, 5.74) is 8.64. The smallest absolute Gasteiger partial charge is 0.0927 e. The van der Waals surface area contributed by atoms with Gasteiger partial charge in [0.2, 0.25) is 0 Å². The van der Waals surface area contributed by atoms with E-state index in [-0.39, 0.29) is 0 Å². The standard InChI is InChI=1S/C12H14ClN3/c1-2-16-11(8-14)7-12(15-16)9-4-3-5-10(13)6-9/h3-7H,2,8,14H2,1H3. The molecule has 0 aliphatic carbocycles. The van der Waals surface area contributed by atoms with E-state index in [0.29, 0.717) is 6.54 Å². The molecule has 16 heavy (non-hydrogen) atoms. The van der Waals surface area contributed by atoms with Crippen molar-refractivity contribution in [2.45, 2.75) is 20.0 Å². The van der Waals surface area contributed by atoms with Crippen molar-refractivity contribution in [1.29, 1.82) is 0 Å². The number of nitrogens with zero attached hydrogens (tertiary/aromatic N) is 2. The van der Waals surface area contributed by atoms with E-state index in [1.54, 1.807) is 0 Å². The van der Waals surface area contributed by atoms with Crippen LogP contribution in [0.1, 0.15) is 12.6 Å². The number of rotatable bonds is 3. The number of halogens is 1. The van der Waals surface area contributed by atoms with Gasteiger partial charge in [-0.3, -0.25) is 4.68 Å². The summed E-state index contributed by atoms with van der Waals surface area (Å²) < 4.78 is 1.91. The van der Waals surface area contributed by atoms with Crippen molar-refractivity contribution in [3.63, 3.8) is 0 Å². The Labute approximate surface area is 99.8 Å². The van der Waals surface area contributed by atoms with Crippen molar-refractivity contribution in [2.75, 3.05) is 0 Å². The first-order valence-corrected chi connectivity index (χ1v) is 5.65. The number of benzene rings is 1. The summed E-state index contributed by atoms with van der Waals surface area (Å²) in [6, 6.07) is 9.68. The average molecular weight is 236 g/mol. The molecule has 1 heterocycles. The van der Waals surface area contributed by atoms with E-state index < -0.39 is 0 Å². The number of aryl methyl sites for hydroxylation is 1. The fourth-order valence-electron chi connectivity index (χ4n) is 1.68. The van der Waals surface area contributed by atoms with Crippen molar-refractivity contribution < 1.29 is 0 Å². The molecule has 0 aliphatic heterocycles. The van der Waals surface area contributed by atoms with Crippen LogP contribution < -0.4 is 5.73 Å². The maximum Gasteiger partial charge on any atom is 0.0927 e. The fraction of sp³-hybridized carbons (Fsp3) is 0.250. The Balaban J connectivity index is 2.44. The van der Waals surface area contributed by atoms with Gasteiger partial charge in [0.25, 0.3) is 0 Å². The zero-order valence-electron chi connectivity index (χ0n) is 9.15. The van der Waals surface area contributed by atoms with Gasteiger partial charge in [-0.15, -0.1) is 0 Å². The van der Waals surface area contributed by atoms with Crippen LogP contribution in [0.2, 0.25) is 5.02 Å². The van der Waals surface area contributed by atoms with Crippen molar-refractivity contribution in [2.24, 2.45) is 5.73 Å². The number of hydrogen-bond acceptors (Lipinski definition) is 2. The van der Waals surface area contributed by atoms with Crippen molar-refractivity contribution in [3.8, 4) is 11.3 Å². The third kappa shape index (κ3) is 2.10. The second-order valence-electron chi connectivity index (χ2n) is 3.55. The fourth-order valence-corrected chi connectivity index (χ4v) is 1.87. The monoisotopic (exact) mass is 235 g/mol. The highest BCUT2D eigenvalue weighted by Gasteiger charge is 2.07. The van der Waals surface area contributed by atoms with Crippen LogP contribution in [0, 0.1) is 0 Å². The Morgan fingerprint density at radius 3 is 2.75 bits per heavy atom. The van der Waals surface area contributed by atoms with Gasteiger partial charge in [-0.25, -0.2) is 0 Å². The van der Waals surface area contributed by atoms with E-state index in [9.17, 15) is 0 Å². The molecule has 0 fully saturated rings. The van der Waals surface area contributed by atoms with Crippen LogP contribution in [-0.4, -0.2) is 9.78 Å². The minimum absolute atomic E-state index is 0.501. The average Bonchev–Trinajstić information content (AvgIpc) is 2.72. The van der Waals surface area contributed by atoms with Crippen molar-refractivity contribution in [1.82, 2.24) is 9.78 Å². The molecule has 2 aromatic rings. The van der Waals surface area contributed by atoms with Gasteiger partial charge < -0.3 is 5.73 Å². The van der Waals surface area contributed by atoms with Gasteiger partial charge in [-0.05, 0) is 25.1 Å². The largest absolute Gasteiger partial charge is 0.325 e. The van der Waals surface area contributed by atoms with Crippen LogP contribution in [-0.2, 0) is 13.1 Å². The quantitative estimate of drug-likeness (QED) is 0.889. The molecule has 1 aromatic heterocycles. The van der Waals surface area contributed by atoms with Crippen LogP contribution in [0.4, 0.5) is 0 Å². The van der Waals surface area contributed by atoms with Gasteiger partial charge in [-0.1, -0.05) is 23.7 Å². The zero-order valence-corrected chi connectivity index (χ0v) is 9.91. The first-order valence-electron chi connectivity index (χ1n) is 5.27. The second kappa shape index (κ2) is 4.68. The molecular weight excluding hydrogens is 222 g/mol. The van der Waals surface area contributed by atoms with Crippen LogP contribution in [0.15, 0.2) is 30.3 Å². The lowest BCUT2D eigenvalue weighted by atomic mass is 10.1. The van der Waals surface area contributed by atoms with Crippen LogP contribution in [0.5, 0.6) is 0 Å². The lowest BCUT2D eigenvalue weighted by molar-refractivity contribution is 0.624. The number of aromatic nitrogens is 2. The molecule has 0 amide bonds. The summed E-state index contributed by atoms with van der Waals surface area (Å²) in [5.74, 6) is 0. The van der Waals surface area contributed by atoms with E-state index in [0.717, 1.165) is 28.5 Å². The first-order chi connectivity index (χ1) is 7.74. The highest BCUT2D eigenvalue weighted by atomic mass is 35.5. The zero-order chi connectivity index (χ0) is 11.5. The molecule has 0 unspecified atom stereocenters. The molecule has 0 saturated carbocycles. The molecule has 2 rings (SSSR count). The van der Waals surface area contributed by atoms with Crippen molar-refractivity contribution >= 4 is 11.6 Å². The van der Waals surface area contributed by atoms with Crippen LogP contribution in [0.25, 0.3) is 11.3 Å². The summed E-state index contributed by atoms with van der Waals surface area (Å²) in [6.45, 7) is 3.38. The maximum absolute atomic E-state index is 5.95. The topological polar surface area (TPSA) is 43.8 Å². The highest BCUT2D eigenvalue weighted by Crippen LogP contribution is 2.22. The summed E-state index contributed by atoms with van der Waals surface area (Å²) in [6.07, 6.45) is 0. The molecule has 3 nitrogen and oxygen atoms in total. The minimum Gasteiger partial charge on any atom is -0.325 e. The van der Waals surface area contributed by atoms with Gasteiger partial charge in [0.05, 0.1) is 11.4 Å². The van der Waals surface area contributed by atoms with Gasteiger partial charge in [-0.2, -0.15) is 5.10 Å². The Bertz CT molecular complexity index is 469. The molecule has 0 spiro atoms. The summed E-state index contributed by atoms with van der Waals surface area (Å²) in [5, 5.41) is 5.21. The number of nitrogens with two attached hydrogens (primary N) is 1. The van der Waals surface area contributed by atoms with E-state index in [2.05, 4.69) is 5.10 Å². The Morgan fingerprint density at radius 1 is 1.38 bits per heavy atom. The Morgan fingerprint density at radius 2 is 2.19 bits per heavy atom. The molecule has 0 saturated heterocycles. The summed E-state index contributed by atoms with van der Waals surface area (Å²) >= 11 is 5.95. The molecular formula is C12H14ClN3. The third-order valence-corrected chi connectivity index (χ3v) is 2.73. The summed E-state index contributed by atoms with van der Waals surface area (Å²) in [7, 11) is 0. The lowest BCUT2D eigenvalue weighted by Gasteiger charge is -1.99. The molecule has 0 aliphatic rings. The molecule has 2 N–H and O–H groups in total. The molecule has 4 heteroatoms. The van der Waals surface area contributed by atoms with Gasteiger partial charge in [0, 0.05) is 23.7 Å². The number of hydrogen-bond donors (Lipinski definition) is 1. The van der Waals surface area contributed by atoms with Crippen molar-refractivity contribution in [3.05, 3.63) is 41.0 Å². The Hall–Kier alpha value is -1.32. The molecule has 0 atom stereocenters.